The Bertz CT molecular complexity index is 523. The first-order valence-corrected chi connectivity index (χ1v) is 7.09. The van der Waals surface area contributed by atoms with Gasteiger partial charge in [-0.1, -0.05) is 12.1 Å². The van der Waals surface area contributed by atoms with E-state index in [4.69, 9.17) is 0 Å². The quantitative estimate of drug-likeness (QED) is 0.845. The number of nitrogens with one attached hydrogen (secondary N) is 1. The molecule has 0 aliphatic heterocycles. The highest BCUT2D eigenvalue weighted by atomic mass is 32.2. The Morgan fingerprint density at radius 2 is 1.74 bits per heavy atom. The molecule has 1 aromatic carbocycles. The van der Waals surface area contributed by atoms with E-state index >= 15 is 0 Å². The summed E-state index contributed by atoms with van der Waals surface area (Å²) < 4.78 is 26.6. The molecule has 0 unspecified atom stereocenters. The second-order valence-corrected chi connectivity index (χ2v) is 4.88. The zero-order chi connectivity index (χ0) is 13.7. The summed E-state index contributed by atoms with van der Waals surface area (Å²) in [5.41, 5.74) is 1.01. The smallest absolute Gasteiger partial charge is 0.167 e. The highest BCUT2D eigenvalue weighted by Crippen LogP contribution is 2.17. The van der Waals surface area contributed by atoms with E-state index in [2.05, 4.69) is 10.3 Å². The van der Waals surface area contributed by atoms with Crippen LogP contribution in [0.25, 0.3) is 0 Å². The summed E-state index contributed by atoms with van der Waals surface area (Å²) in [4.78, 5) is 4.63. The SMILES string of the molecule is CSc1ccc(CCNc2c(F)cncc2F)cc1. The molecule has 0 aliphatic carbocycles. The minimum absolute atomic E-state index is 0.115. The predicted octanol–water partition coefficient (Wildman–Crippen LogP) is 3.74. The van der Waals surface area contributed by atoms with E-state index in [1.165, 1.54) is 4.90 Å². The Balaban J connectivity index is 1.92. The van der Waals surface area contributed by atoms with Crippen LogP contribution in [0.15, 0.2) is 41.6 Å². The lowest BCUT2D eigenvalue weighted by Gasteiger charge is -2.08. The van der Waals surface area contributed by atoms with Crippen molar-refractivity contribution in [3.05, 3.63) is 53.9 Å². The van der Waals surface area contributed by atoms with E-state index in [0.29, 0.717) is 13.0 Å². The molecule has 1 N–H and O–H groups in total. The minimum atomic E-state index is -0.669. The Morgan fingerprint density at radius 1 is 1.11 bits per heavy atom. The molecule has 0 bridgehead atoms. The number of anilines is 1. The van der Waals surface area contributed by atoms with Gasteiger partial charge in [0, 0.05) is 11.4 Å². The van der Waals surface area contributed by atoms with E-state index in [1.807, 2.05) is 30.5 Å². The van der Waals surface area contributed by atoms with Gasteiger partial charge in [0.05, 0.1) is 12.4 Å². The maximum atomic E-state index is 13.3. The van der Waals surface area contributed by atoms with Gasteiger partial charge >= 0.3 is 0 Å². The van der Waals surface area contributed by atoms with Crippen molar-refractivity contribution >= 4 is 17.4 Å². The summed E-state index contributed by atoms with van der Waals surface area (Å²) in [6, 6.07) is 8.11. The van der Waals surface area contributed by atoms with Crippen molar-refractivity contribution in [3.8, 4) is 0 Å². The zero-order valence-electron chi connectivity index (χ0n) is 10.5. The third kappa shape index (κ3) is 3.67. The molecular formula is C14H14F2N2S. The van der Waals surface area contributed by atoms with Gasteiger partial charge in [0.2, 0.25) is 0 Å². The minimum Gasteiger partial charge on any atom is -0.380 e. The number of pyridine rings is 1. The van der Waals surface area contributed by atoms with Gasteiger partial charge in [0.25, 0.3) is 0 Å². The van der Waals surface area contributed by atoms with Gasteiger partial charge in [-0.2, -0.15) is 0 Å². The summed E-state index contributed by atoms with van der Waals surface area (Å²) in [5, 5.41) is 2.76. The molecule has 0 fully saturated rings. The molecule has 5 heteroatoms. The highest BCUT2D eigenvalue weighted by Gasteiger charge is 2.07. The lowest BCUT2D eigenvalue weighted by atomic mass is 10.1. The second kappa shape index (κ2) is 6.52. The molecule has 0 saturated carbocycles. The number of benzene rings is 1. The van der Waals surface area contributed by atoms with Crippen LogP contribution in [0.1, 0.15) is 5.56 Å². The normalized spacial score (nSPS) is 10.5. The summed E-state index contributed by atoms with van der Waals surface area (Å²) in [6.45, 7) is 0.469. The number of nitrogens with zero attached hydrogens (tertiary/aromatic N) is 1. The lowest BCUT2D eigenvalue weighted by Crippen LogP contribution is -2.08. The van der Waals surface area contributed by atoms with Crippen LogP contribution in [-0.2, 0) is 6.42 Å². The molecule has 2 nitrogen and oxygen atoms in total. The third-order valence-corrected chi connectivity index (χ3v) is 3.47. The number of hydrogen-bond acceptors (Lipinski definition) is 3. The van der Waals surface area contributed by atoms with E-state index < -0.39 is 11.6 Å². The molecule has 0 amide bonds. The summed E-state index contributed by atoms with van der Waals surface area (Å²) in [6.07, 6.45) is 4.72. The fourth-order valence-electron chi connectivity index (χ4n) is 1.70. The van der Waals surface area contributed by atoms with Gasteiger partial charge in [-0.25, -0.2) is 8.78 Å². The van der Waals surface area contributed by atoms with E-state index in [0.717, 1.165) is 18.0 Å². The van der Waals surface area contributed by atoms with Crippen LogP contribution in [0.4, 0.5) is 14.5 Å². The van der Waals surface area contributed by atoms with E-state index in [-0.39, 0.29) is 5.69 Å². The Hall–Kier alpha value is -1.62. The molecule has 0 atom stereocenters. The van der Waals surface area contributed by atoms with Crippen LogP contribution in [0.5, 0.6) is 0 Å². The number of halogens is 2. The summed E-state index contributed by atoms with van der Waals surface area (Å²) in [5.74, 6) is -1.34. The van der Waals surface area contributed by atoms with Gasteiger partial charge in [0.15, 0.2) is 11.6 Å². The fraction of sp³-hybridized carbons (Fsp3) is 0.214. The zero-order valence-corrected chi connectivity index (χ0v) is 11.3. The largest absolute Gasteiger partial charge is 0.380 e. The molecule has 100 valence electrons. The van der Waals surface area contributed by atoms with Gasteiger partial charge < -0.3 is 5.32 Å². The third-order valence-electron chi connectivity index (χ3n) is 2.73. The molecule has 1 heterocycles. The molecule has 2 rings (SSSR count). The Kier molecular flexibility index (Phi) is 4.74. The second-order valence-electron chi connectivity index (χ2n) is 4.00. The van der Waals surface area contributed by atoms with Crippen molar-refractivity contribution in [2.24, 2.45) is 0 Å². The average Bonchev–Trinajstić information content (AvgIpc) is 2.43. The van der Waals surface area contributed by atoms with Crippen molar-refractivity contribution in [3.63, 3.8) is 0 Å². The maximum absolute atomic E-state index is 13.3. The fourth-order valence-corrected chi connectivity index (χ4v) is 2.11. The summed E-state index contributed by atoms with van der Waals surface area (Å²) in [7, 11) is 0. The lowest BCUT2D eigenvalue weighted by molar-refractivity contribution is 0.578. The van der Waals surface area contributed by atoms with Crippen LogP contribution in [0.2, 0.25) is 0 Å². The van der Waals surface area contributed by atoms with Crippen molar-refractivity contribution in [1.29, 1.82) is 0 Å². The first-order chi connectivity index (χ1) is 9.20. The van der Waals surface area contributed by atoms with Crippen LogP contribution in [0, 0.1) is 11.6 Å². The van der Waals surface area contributed by atoms with Crippen molar-refractivity contribution in [2.75, 3.05) is 18.1 Å². The van der Waals surface area contributed by atoms with Gasteiger partial charge in [-0.3, -0.25) is 4.98 Å². The van der Waals surface area contributed by atoms with E-state index in [1.54, 1.807) is 11.8 Å². The topological polar surface area (TPSA) is 24.9 Å². The number of hydrogen-bond donors (Lipinski definition) is 1. The van der Waals surface area contributed by atoms with Gasteiger partial charge in [-0.15, -0.1) is 11.8 Å². The van der Waals surface area contributed by atoms with Crippen LogP contribution in [0.3, 0.4) is 0 Å². The molecule has 2 aromatic rings. The summed E-state index contributed by atoms with van der Waals surface area (Å²) >= 11 is 1.68. The monoisotopic (exact) mass is 280 g/mol. The standard InChI is InChI=1S/C14H14F2N2S/c1-19-11-4-2-10(3-5-11)6-7-18-14-12(15)8-17-9-13(14)16/h2-5,8-9H,6-7H2,1H3,(H,17,18). The number of aromatic nitrogens is 1. The van der Waals surface area contributed by atoms with Gasteiger partial charge in [-0.05, 0) is 30.4 Å². The van der Waals surface area contributed by atoms with E-state index in [9.17, 15) is 8.78 Å². The maximum Gasteiger partial charge on any atom is 0.167 e. The molecule has 19 heavy (non-hydrogen) atoms. The van der Waals surface area contributed by atoms with Crippen LogP contribution >= 0.6 is 11.8 Å². The molecule has 0 radical (unpaired) electrons. The molecule has 0 aliphatic rings. The highest BCUT2D eigenvalue weighted by molar-refractivity contribution is 7.98. The first kappa shape index (κ1) is 13.8. The van der Waals surface area contributed by atoms with Crippen molar-refractivity contribution < 1.29 is 8.78 Å². The number of rotatable bonds is 5. The van der Waals surface area contributed by atoms with Crippen molar-refractivity contribution in [1.82, 2.24) is 4.98 Å². The first-order valence-electron chi connectivity index (χ1n) is 5.86. The number of thioether (sulfide) groups is 1. The molecule has 0 saturated heterocycles. The molecule has 1 aromatic heterocycles. The molecular weight excluding hydrogens is 266 g/mol. The van der Waals surface area contributed by atoms with Crippen LogP contribution < -0.4 is 5.32 Å². The van der Waals surface area contributed by atoms with Crippen LogP contribution in [-0.4, -0.2) is 17.8 Å². The average molecular weight is 280 g/mol. The van der Waals surface area contributed by atoms with Gasteiger partial charge in [0.1, 0.15) is 5.69 Å². The van der Waals surface area contributed by atoms with Crippen molar-refractivity contribution in [2.45, 2.75) is 11.3 Å². The molecule has 0 spiro atoms. The Labute approximate surface area is 115 Å². The Morgan fingerprint density at radius 3 is 2.32 bits per heavy atom. The predicted molar refractivity (Wildman–Crippen MR) is 74.6 cm³/mol.